The van der Waals surface area contributed by atoms with E-state index in [4.69, 9.17) is 5.11 Å². The molecule has 0 aliphatic heterocycles. The molecule has 116 valence electrons. The molecule has 21 heavy (non-hydrogen) atoms. The molecule has 1 aromatic rings. The Kier molecular flexibility index (Phi) is 4.67. The molecule has 0 radical (unpaired) electrons. The van der Waals surface area contributed by atoms with E-state index < -0.39 is 11.6 Å². The van der Waals surface area contributed by atoms with Crippen LogP contribution < -0.4 is 10.6 Å². The van der Waals surface area contributed by atoms with Crippen LogP contribution in [0.5, 0.6) is 5.75 Å². The van der Waals surface area contributed by atoms with E-state index in [1.807, 2.05) is 6.92 Å². The van der Waals surface area contributed by atoms with E-state index in [9.17, 15) is 14.3 Å². The van der Waals surface area contributed by atoms with Crippen LogP contribution in [0.25, 0.3) is 0 Å². The predicted octanol–water partition coefficient (Wildman–Crippen LogP) is 1.88. The summed E-state index contributed by atoms with van der Waals surface area (Å²) in [5.74, 6) is -1.12. The van der Waals surface area contributed by atoms with E-state index in [2.05, 4.69) is 10.6 Å². The number of halogens is 1. The van der Waals surface area contributed by atoms with Crippen molar-refractivity contribution in [1.82, 2.24) is 10.6 Å². The van der Waals surface area contributed by atoms with Gasteiger partial charge in [0.2, 0.25) is 0 Å². The molecule has 1 aliphatic rings. The van der Waals surface area contributed by atoms with Gasteiger partial charge >= 0.3 is 6.03 Å². The maximum atomic E-state index is 13.2. The van der Waals surface area contributed by atoms with Gasteiger partial charge in [0.15, 0.2) is 11.6 Å². The second-order valence-corrected chi connectivity index (χ2v) is 5.87. The molecule has 5 nitrogen and oxygen atoms in total. The van der Waals surface area contributed by atoms with Gasteiger partial charge in [-0.1, -0.05) is 19.4 Å². The van der Waals surface area contributed by atoms with Crippen molar-refractivity contribution in [3.63, 3.8) is 0 Å². The highest BCUT2D eigenvalue weighted by Crippen LogP contribution is 2.37. The van der Waals surface area contributed by atoms with Gasteiger partial charge in [0.1, 0.15) is 0 Å². The topological polar surface area (TPSA) is 81.6 Å². The summed E-state index contributed by atoms with van der Waals surface area (Å²) in [6, 6.07) is 3.59. The lowest BCUT2D eigenvalue weighted by Gasteiger charge is -2.30. The van der Waals surface area contributed by atoms with Crippen LogP contribution in [0.1, 0.15) is 31.7 Å². The molecule has 4 N–H and O–H groups in total. The van der Waals surface area contributed by atoms with Crippen LogP contribution in [0.3, 0.4) is 0 Å². The van der Waals surface area contributed by atoms with Gasteiger partial charge in [0.05, 0.1) is 6.61 Å². The van der Waals surface area contributed by atoms with E-state index in [1.165, 1.54) is 12.1 Å². The number of hydrogen-bond acceptors (Lipinski definition) is 3. The smallest absolute Gasteiger partial charge is 0.315 e. The van der Waals surface area contributed by atoms with E-state index >= 15 is 0 Å². The second-order valence-electron chi connectivity index (χ2n) is 5.87. The van der Waals surface area contributed by atoms with Crippen LogP contribution in [0, 0.1) is 11.2 Å². The zero-order chi connectivity index (χ0) is 15.5. The Morgan fingerprint density at radius 2 is 2.29 bits per heavy atom. The summed E-state index contributed by atoms with van der Waals surface area (Å²) >= 11 is 0. The van der Waals surface area contributed by atoms with Gasteiger partial charge in [-0.15, -0.1) is 0 Å². The number of urea groups is 1. The van der Waals surface area contributed by atoms with Crippen molar-refractivity contribution < 1.29 is 19.4 Å². The highest BCUT2D eigenvalue weighted by Gasteiger charge is 2.39. The number of benzene rings is 1. The van der Waals surface area contributed by atoms with Crippen molar-refractivity contribution in [3.8, 4) is 5.75 Å². The lowest BCUT2D eigenvalue weighted by Crippen LogP contribution is -2.48. The number of aliphatic hydroxyl groups is 1. The molecule has 0 spiro atoms. The Morgan fingerprint density at radius 1 is 1.52 bits per heavy atom. The van der Waals surface area contributed by atoms with Crippen LogP contribution >= 0.6 is 0 Å². The number of rotatable bonds is 4. The van der Waals surface area contributed by atoms with Gasteiger partial charge < -0.3 is 20.8 Å². The summed E-state index contributed by atoms with van der Waals surface area (Å²) < 4.78 is 13.2. The second kappa shape index (κ2) is 6.30. The molecule has 0 bridgehead atoms. The first-order valence-corrected chi connectivity index (χ1v) is 7.07. The fraction of sp³-hybridized carbons (Fsp3) is 0.533. The number of carbonyl (C=O) groups excluding carboxylic acids is 1. The third kappa shape index (κ3) is 3.64. The average molecular weight is 296 g/mol. The van der Waals surface area contributed by atoms with Crippen molar-refractivity contribution >= 4 is 6.03 Å². The quantitative estimate of drug-likeness (QED) is 0.685. The standard InChI is InChI=1S/C15H21FN2O3/c1-15(9-19)6-2-3-13(15)18-14(21)17-8-10-4-5-12(20)11(16)7-10/h4-5,7,13,19-20H,2-3,6,8-9H2,1H3,(H2,17,18,21). The third-order valence-electron chi connectivity index (χ3n) is 4.21. The first-order valence-electron chi connectivity index (χ1n) is 7.07. The Bertz CT molecular complexity index is 524. The molecular weight excluding hydrogens is 275 g/mol. The largest absolute Gasteiger partial charge is 0.505 e. The normalized spacial score (nSPS) is 24.8. The maximum absolute atomic E-state index is 13.2. The number of hydrogen-bond donors (Lipinski definition) is 4. The summed E-state index contributed by atoms with van der Waals surface area (Å²) in [6.45, 7) is 2.17. The number of amides is 2. The highest BCUT2D eigenvalue weighted by molar-refractivity contribution is 5.74. The van der Waals surface area contributed by atoms with Crippen LogP contribution in [0.2, 0.25) is 0 Å². The van der Waals surface area contributed by atoms with Crippen LogP contribution in [-0.2, 0) is 6.54 Å². The van der Waals surface area contributed by atoms with Gasteiger partial charge in [-0.2, -0.15) is 0 Å². The molecule has 0 heterocycles. The fourth-order valence-electron chi connectivity index (χ4n) is 2.72. The summed E-state index contributed by atoms with van der Waals surface area (Å²) in [6.07, 6.45) is 2.71. The molecule has 1 aliphatic carbocycles. The number of aliphatic hydroxyl groups excluding tert-OH is 1. The molecule has 2 unspecified atom stereocenters. The molecule has 1 aromatic carbocycles. The van der Waals surface area contributed by atoms with E-state index in [0.717, 1.165) is 19.3 Å². The number of aromatic hydroxyl groups is 1. The SMILES string of the molecule is CC1(CO)CCCC1NC(=O)NCc1ccc(O)c(F)c1. The van der Waals surface area contributed by atoms with Crippen molar-refractivity contribution in [2.45, 2.75) is 38.8 Å². The molecule has 1 fully saturated rings. The number of nitrogens with one attached hydrogen (secondary N) is 2. The highest BCUT2D eigenvalue weighted by atomic mass is 19.1. The molecule has 2 atom stereocenters. The van der Waals surface area contributed by atoms with Crippen molar-refractivity contribution in [1.29, 1.82) is 0 Å². The Balaban J connectivity index is 1.86. The zero-order valence-corrected chi connectivity index (χ0v) is 12.0. The molecule has 0 saturated heterocycles. The van der Waals surface area contributed by atoms with Crippen LogP contribution in [0.4, 0.5) is 9.18 Å². The zero-order valence-electron chi connectivity index (χ0n) is 12.0. The van der Waals surface area contributed by atoms with E-state index in [1.54, 1.807) is 6.07 Å². The van der Waals surface area contributed by atoms with Crippen molar-refractivity contribution in [2.24, 2.45) is 5.41 Å². The molecule has 1 saturated carbocycles. The monoisotopic (exact) mass is 296 g/mol. The maximum Gasteiger partial charge on any atom is 0.315 e. The summed E-state index contributed by atoms with van der Waals surface area (Å²) in [5.41, 5.74) is 0.291. The minimum Gasteiger partial charge on any atom is -0.505 e. The lowest BCUT2D eigenvalue weighted by molar-refractivity contribution is 0.121. The van der Waals surface area contributed by atoms with Gasteiger partial charge in [-0.3, -0.25) is 0 Å². The van der Waals surface area contributed by atoms with E-state index in [-0.39, 0.29) is 30.6 Å². The van der Waals surface area contributed by atoms with Gasteiger partial charge in [-0.05, 0) is 30.5 Å². The summed E-state index contributed by atoms with van der Waals surface area (Å²) in [4.78, 5) is 11.9. The number of phenolic OH excluding ortho intramolecular Hbond substituents is 1. The minimum atomic E-state index is -0.710. The number of phenols is 1. The molecule has 0 aromatic heterocycles. The molecule has 6 heteroatoms. The number of carbonyl (C=O) groups is 1. The fourth-order valence-corrected chi connectivity index (χ4v) is 2.72. The summed E-state index contributed by atoms with van der Waals surface area (Å²) in [7, 11) is 0. The predicted molar refractivity (Wildman–Crippen MR) is 76.3 cm³/mol. The Hall–Kier alpha value is -1.82. The van der Waals surface area contributed by atoms with Crippen LogP contribution in [0.15, 0.2) is 18.2 Å². The average Bonchev–Trinajstić information content (AvgIpc) is 2.82. The van der Waals surface area contributed by atoms with Crippen LogP contribution in [-0.4, -0.2) is 28.9 Å². The minimum absolute atomic E-state index is 0.0428. The lowest BCUT2D eigenvalue weighted by atomic mass is 9.86. The van der Waals surface area contributed by atoms with Gasteiger partial charge in [0.25, 0.3) is 0 Å². The molecule has 2 amide bonds. The Morgan fingerprint density at radius 3 is 2.95 bits per heavy atom. The van der Waals surface area contributed by atoms with Crippen molar-refractivity contribution in [3.05, 3.63) is 29.6 Å². The first-order chi connectivity index (χ1) is 9.94. The molecular formula is C15H21FN2O3. The van der Waals surface area contributed by atoms with E-state index in [0.29, 0.717) is 5.56 Å². The van der Waals surface area contributed by atoms with Crippen molar-refractivity contribution in [2.75, 3.05) is 6.61 Å². The molecule has 2 rings (SSSR count). The summed E-state index contributed by atoms with van der Waals surface area (Å²) in [5, 5.41) is 24.1. The third-order valence-corrected chi connectivity index (χ3v) is 4.21. The first kappa shape index (κ1) is 15.6. The Labute approximate surface area is 123 Å². The van der Waals surface area contributed by atoms with Gasteiger partial charge in [0, 0.05) is 18.0 Å². The van der Waals surface area contributed by atoms with Gasteiger partial charge in [-0.25, -0.2) is 9.18 Å².